The molecule has 2 aromatic heterocycles. The number of nitrogens with zero attached hydrogens (tertiary/aromatic N) is 3. The Morgan fingerprint density at radius 3 is 2.65 bits per heavy atom. The minimum absolute atomic E-state index is 0.285. The lowest BCUT2D eigenvalue weighted by Crippen LogP contribution is -2.23. The first-order valence-corrected chi connectivity index (χ1v) is 7.54. The Kier molecular flexibility index (Phi) is 4.85. The minimum atomic E-state index is -0.285. The summed E-state index contributed by atoms with van der Waals surface area (Å²) >= 11 is 0. The summed E-state index contributed by atoms with van der Waals surface area (Å²) in [6.07, 6.45) is 1.73. The van der Waals surface area contributed by atoms with Crippen LogP contribution < -0.4 is 10.1 Å². The number of hydrogen-bond acceptors (Lipinski definition) is 5. The van der Waals surface area contributed by atoms with E-state index in [0.29, 0.717) is 18.0 Å². The fraction of sp³-hybridized carbons (Fsp3) is 0.389. The van der Waals surface area contributed by atoms with E-state index in [9.17, 15) is 5.26 Å². The topological polar surface area (TPSA) is 70.8 Å². The van der Waals surface area contributed by atoms with Crippen LogP contribution in [-0.4, -0.2) is 15.6 Å². The maximum absolute atomic E-state index is 9.30. The highest BCUT2D eigenvalue weighted by atomic mass is 16.5. The van der Waals surface area contributed by atoms with Gasteiger partial charge < -0.3 is 10.1 Å². The Bertz CT molecular complexity index is 742. The first kappa shape index (κ1) is 16.8. The molecule has 2 rings (SSSR count). The number of ether oxygens (including phenoxy) is 1. The number of pyridine rings is 2. The number of anilines is 1. The Labute approximate surface area is 137 Å². The van der Waals surface area contributed by atoms with E-state index < -0.39 is 0 Å². The molecule has 0 fully saturated rings. The van der Waals surface area contributed by atoms with Crippen molar-refractivity contribution in [3.8, 4) is 11.9 Å². The van der Waals surface area contributed by atoms with Gasteiger partial charge in [0.05, 0.1) is 16.9 Å². The zero-order valence-corrected chi connectivity index (χ0v) is 14.3. The average Bonchev–Trinajstić information content (AvgIpc) is 2.43. The third-order valence-corrected chi connectivity index (χ3v) is 3.13. The molecule has 0 atom stereocenters. The fourth-order valence-electron chi connectivity index (χ4n) is 2.24. The Balaban J connectivity index is 2.16. The van der Waals surface area contributed by atoms with Gasteiger partial charge in [0.2, 0.25) is 5.88 Å². The highest BCUT2D eigenvalue weighted by Crippen LogP contribution is 2.21. The van der Waals surface area contributed by atoms with Crippen molar-refractivity contribution in [2.75, 3.05) is 5.32 Å². The molecule has 0 unspecified atom stereocenters. The molecule has 2 aromatic rings. The molecule has 0 saturated carbocycles. The third kappa shape index (κ3) is 4.68. The largest absolute Gasteiger partial charge is 0.472 e. The van der Waals surface area contributed by atoms with Gasteiger partial charge in [-0.3, -0.25) is 4.98 Å². The summed E-state index contributed by atoms with van der Waals surface area (Å²) in [6, 6.07) is 7.93. The van der Waals surface area contributed by atoms with Gasteiger partial charge in [0, 0.05) is 24.5 Å². The summed E-state index contributed by atoms with van der Waals surface area (Å²) in [4.78, 5) is 8.55. The van der Waals surface area contributed by atoms with E-state index in [4.69, 9.17) is 4.74 Å². The maximum Gasteiger partial charge on any atom is 0.214 e. The normalized spacial score (nSPS) is 11.0. The molecule has 2 heterocycles. The first-order valence-electron chi connectivity index (χ1n) is 7.54. The highest BCUT2D eigenvalue weighted by Gasteiger charge is 2.13. The Hall–Kier alpha value is -2.61. The van der Waals surface area contributed by atoms with Crippen molar-refractivity contribution in [1.29, 1.82) is 5.26 Å². The molecule has 0 radical (unpaired) electrons. The molecular weight excluding hydrogens is 288 g/mol. The Morgan fingerprint density at radius 2 is 2.00 bits per heavy atom. The third-order valence-electron chi connectivity index (χ3n) is 3.13. The summed E-state index contributed by atoms with van der Waals surface area (Å²) < 4.78 is 5.78. The van der Waals surface area contributed by atoms with Crippen LogP contribution in [0.5, 0.6) is 5.88 Å². The number of rotatable bonds is 4. The van der Waals surface area contributed by atoms with E-state index >= 15 is 0 Å². The second-order valence-corrected chi connectivity index (χ2v) is 6.45. The van der Waals surface area contributed by atoms with E-state index in [0.717, 1.165) is 22.6 Å². The van der Waals surface area contributed by atoms with Crippen LogP contribution in [0.4, 0.5) is 5.69 Å². The van der Waals surface area contributed by atoms with Crippen LogP contribution in [-0.2, 0) is 6.54 Å². The molecule has 0 aliphatic carbocycles. The molecule has 23 heavy (non-hydrogen) atoms. The molecule has 5 nitrogen and oxygen atoms in total. The van der Waals surface area contributed by atoms with Gasteiger partial charge >= 0.3 is 0 Å². The Morgan fingerprint density at radius 1 is 1.26 bits per heavy atom. The van der Waals surface area contributed by atoms with Crippen molar-refractivity contribution in [2.45, 2.75) is 46.8 Å². The van der Waals surface area contributed by atoms with Crippen molar-refractivity contribution in [3.63, 3.8) is 0 Å². The molecule has 1 N–H and O–H groups in total. The molecule has 0 amide bonds. The van der Waals surface area contributed by atoms with E-state index in [2.05, 4.69) is 21.4 Å². The summed E-state index contributed by atoms with van der Waals surface area (Å²) in [7, 11) is 0. The minimum Gasteiger partial charge on any atom is -0.472 e. The first-order chi connectivity index (χ1) is 10.8. The molecule has 0 aliphatic heterocycles. The van der Waals surface area contributed by atoms with Crippen molar-refractivity contribution in [1.82, 2.24) is 9.97 Å². The number of hydrogen-bond donors (Lipinski definition) is 1. The molecule has 0 saturated heterocycles. The van der Waals surface area contributed by atoms with Gasteiger partial charge in [-0.15, -0.1) is 0 Å². The molecular formula is C18H22N4O. The van der Waals surface area contributed by atoms with Crippen LogP contribution in [0.2, 0.25) is 0 Å². The van der Waals surface area contributed by atoms with E-state index in [1.807, 2.05) is 52.8 Å². The van der Waals surface area contributed by atoms with Crippen molar-refractivity contribution >= 4 is 5.69 Å². The lowest BCUT2D eigenvalue weighted by Gasteiger charge is -2.20. The SMILES string of the molecule is Cc1cc(NCc2ccnc(OC(C)(C)C)c2)c(C#N)c(C)n1. The molecule has 5 heteroatoms. The van der Waals surface area contributed by atoms with Crippen molar-refractivity contribution in [3.05, 3.63) is 46.9 Å². The van der Waals surface area contributed by atoms with Gasteiger partial charge in [-0.2, -0.15) is 5.26 Å². The lowest BCUT2D eigenvalue weighted by atomic mass is 10.1. The van der Waals surface area contributed by atoms with Crippen LogP contribution in [0.3, 0.4) is 0 Å². The van der Waals surface area contributed by atoms with Crippen LogP contribution in [0.1, 0.15) is 43.3 Å². The maximum atomic E-state index is 9.30. The van der Waals surface area contributed by atoms with Crippen LogP contribution in [0.25, 0.3) is 0 Å². The molecule has 0 aromatic carbocycles. The summed E-state index contributed by atoms with van der Waals surface area (Å²) in [6.45, 7) is 10.3. The lowest BCUT2D eigenvalue weighted by molar-refractivity contribution is 0.124. The predicted molar refractivity (Wildman–Crippen MR) is 90.4 cm³/mol. The molecule has 120 valence electrons. The van der Waals surface area contributed by atoms with Crippen LogP contribution in [0.15, 0.2) is 24.4 Å². The van der Waals surface area contributed by atoms with Gasteiger partial charge in [0.15, 0.2) is 0 Å². The number of nitriles is 1. The standard InChI is InChI=1S/C18H22N4O/c1-12-8-16(15(10-19)13(2)22-12)21-11-14-6-7-20-17(9-14)23-18(3,4)5/h6-9H,11H2,1-5H3,(H,21,22). The molecule has 0 bridgehead atoms. The van der Waals surface area contributed by atoms with Crippen molar-refractivity contribution < 1.29 is 4.74 Å². The summed E-state index contributed by atoms with van der Waals surface area (Å²) in [5, 5.41) is 12.6. The zero-order chi connectivity index (χ0) is 17.0. The summed E-state index contributed by atoms with van der Waals surface area (Å²) in [5.41, 5.74) is 3.75. The van der Waals surface area contributed by atoms with E-state index in [-0.39, 0.29) is 5.60 Å². The highest BCUT2D eigenvalue weighted by molar-refractivity contribution is 5.60. The smallest absolute Gasteiger partial charge is 0.214 e. The van der Waals surface area contributed by atoms with Crippen LogP contribution >= 0.6 is 0 Å². The van der Waals surface area contributed by atoms with Crippen molar-refractivity contribution in [2.24, 2.45) is 0 Å². The second kappa shape index (κ2) is 6.66. The average molecular weight is 310 g/mol. The number of nitrogens with one attached hydrogen (secondary N) is 1. The van der Waals surface area contributed by atoms with E-state index in [1.54, 1.807) is 6.20 Å². The van der Waals surface area contributed by atoms with Gasteiger partial charge in [-0.1, -0.05) is 0 Å². The van der Waals surface area contributed by atoms with Crippen LogP contribution in [0, 0.1) is 25.2 Å². The predicted octanol–water partition coefficient (Wildman–Crippen LogP) is 3.75. The van der Waals surface area contributed by atoms with Gasteiger partial charge in [-0.05, 0) is 52.3 Å². The van der Waals surface area contributed by atoms with Gasteiger partial charge in [0.25, 0.3) is 0 Å². The second-order valence-electron chi connectivity index (χ2n) is 6.45. The van der Waals surface area contributed by atoms with E-state index in [1.165, 1.54) is 0 Å². The van der Waals surface area contributed by atoms with Gasteiger partial charge in [0.1, 0.15) is 11.7 Å². The number of aryl methyl sites for hydroxylation is 2. The quantitative estimate of drug-likeness (QED) is 0.931. The monoisotopic (exact) mass is 310 g/mol. The molecule has 0 spiro atoms. The summed E-state index contributed by atoms with van der Waals surface area (Å²) in [5.74, 6) is 0.597. The van der Waals surface area contributed by atoms with Gasteiger partial charge in [-0.25, -0.2) is 4.98 Å². The fourth-order valence-corrected chi connectivity index (χ4v) is 2.24. The number of aromatic nitrogens is 2. The zero-order valence-electron chi connectivity index (χ0n) is 14.3. The molecule has 0 aliphatic rings.